The van der Waals surface area contributed by atoms with Crippen LogP contribution in [0.3, 0.4) is 0 Å². The van der Waals surface area contributed by atoms with Gasteiger partial charge in [-0.3, -0.25) is 4.79 Å². The van der Waals surface area contributed by atoms with Crippen molar-refractivity contribution in [3.05, 3.63) is 48.0 Å². The fourth-order valence-electron chi connectivity index (χ4n) is 4.82. The maximum absolute atomic E-state index is 10.9. The highest BCUT2D eigenvalue weighted by molar-refractivity contribution is 5.66. The molecule has 0 bridgehead atoms. The van der Waals surface area contributed by atoms with Gasteiger partial charge in [0.25, 0.3) is 0 Å². The molecular weight excluding hydrogens is 420 g/mol. The molecule has 0 aliphatic heterocycles. The van der Waals surface area contributed by atoms with Gasteiger partial charge in [0.05, 0.1) is 6.10 Å². The van der Waals surface area contributed by atoms with E-state index in [0.717, 1.165) is 47.7 Å². The molecule has 1 aromatic heterocycles. The standard InChI is InChI=1S/C30H40N2O2/c1-4-5-7-11-25-15-19-28(20-16-25)30-31-21-29(22-32-30)27-17-13-26(14-18-27)12-9-6-8-10-23(2)34-24(3)33/h13-14,17-18,21-23,25,28H,4-8,10-11,15-16,19-20H2,1-3H3. The summed E-state index contributed by atoms with van der Waals surface area (Å²) in [5.74, 6) is 8.66. The average molecular weight is 461 g/mol. The number of ether oxygens (including phenoxy) is 1. The Hall–Kier alpha value is -2.67. The molecule has 2 aromatic rings. The van der Waals surface area contributed by atoms with E-state index in [0.29, 0.717) is 5.92 Å². The van der Waals surface area contributed by atoms with Gasteiger partial charge < -0.3 is 4.74 Å². The van der Waals surface area contributed by atoms with Gasteiger partial charge in [-0.05, 0) is 69.1 Å². The predicted molar refractivity (Wildman–Crippen MR) is 138 cm³/mol. The first-order chi connectivity index (χ1) is 16.5. The fraction of sp³-hybridized carbons (Fsp3) is 0.567. The van der Waals surface area contributed by atoms with Gasteiger partial charge in [0.15, 0.2) is 0 Å². The van der Waals surface area contributed by atoms with Crippen molar-refractivity contribution in [3.8, 4) is 23.0 Å². The molecule has 0 amide bonds. The first-order valence-corrected chi connectivity index (χ1v) is 13.1. The lowest BCUT2D eigenvalue weighted by atomic mass is 9.79. The third-order valence-corrected chi connectivity index (χ3v) is 6.83. The smallest absolute Gasteiger partial charge is 0.302 e. The van der Waals surface area contributed by atoms with E-state index >= 15 is 0 Å². The van der Waals surface area contributed by atoms with Gasteiger partial charge in [0, 0.05) is 42.8 Å². The molecule has 1 atom stereocenters. The van der Waals surface area contributed by atoms with Crippen LogP contribution >= 0.6 is 0 Å². The second-order valence-electron chi connectivity index (χ2n) is 9.73. The van der Waals surface area contributed by atoms with Gasteiger partial charge in [-0.25, -0.2) is 9.97 Å². The molecule has 3 rings (SSSR count). The van der Waals surface area contributed by atoms with Crippen LogP contribution in [-0.4, -0.2) is 22.0 Å². The van der Waals surface area contributed by atoms with Crippen molar-refractivity contribution in [2.45, 2.75) is 103 Å². The molecule has 1 fully saturated rings. The first kappa shape index (κ1) is 25.9. The van der Waals surface area contributed by atoms with Gasteiger partial charge in [-0.2, -0.15) is 0 Å². The van der Waals surface area contributed by atoms with E-state index < -0.39 is 0 Å². The summed E-state index contributed by atoms with van der Waals surface area (Å²) in [6.07, 6.45) is 17.0. The van der Waals surface area contributed by atoms with E-state index in [9.17, 15) is 4.79 Å². The summed E-state index contributed by atoms with van der Waals surface area (Å²) < 4.78 is 5.14. The monoisotopic (exact) mass is 460 g/mol. The van der Waals surface area contributed by atoms with Crippen molar-refractivity contribution in [1.29, 1.82) is 0 Å². The molecule has 34 heavy (non-hydrogen) atoms. The number of benzene rings is 1. The van der Waals surface area contributed by atoms with Crippen molar-refractivity contribution in [2.24, 2.45) is 5.92 Å². The van der Waals surface area contributed by atoms with E-state index in [1.54, 1.807) is 0 Å². The number of hydrogen-bond donors (Lipinski definition) is 0. The Bertz CT molecular complexity index is 933. The van der Waals surface area contributed by atoms with Crippen molar-refractivity contribution < 1.29 is 9.53 Å². The third-order valence-electron chi connectivity index (χ3n) is 6.83. The zero-order valence-corrected chi connectivity index (χ0v) is 21.2. The maximum Gasteiger partial charge on any atom is 0.302 e. The summed E-state index contributed by atoms with van der Waals surface area (Å²) in [5.41, 5.74) is 3.17. The molecule has 0 radical (unpaired) electrons. The van der Waals surface area contributed by atoms with E-state index in [4.69, 9.17) is 14.7 Å². The van der Waals surface area contributed by atoms with Crippen LogP contribution in [0.4, 0.5) is 0 Å². The van der Waals surface area contributed by atoms with Crippen molar-refractivity contribution in [2.75, 3.05) is 0 Å². The van der Waals surface area contributed by atoms with Crippen LogP contribution in [-0.2, 0) is 9.53 Å². The van der Waals surface area contributed by atoms with Gasteiger partial charge in [-0.15, -0.1) is 0 Å². The number of rotatable bonds is 10. The number of carbonyl (C=O) groups excluding carboxylic acids is 1. The highest BCUT2D eigenvalue weighted by atomic mass is 16.5. The molecule has 1 heterocycles. The largest absolute Gasteiger partial charge is 0.463 e. The van der Waals surface area contributed by atoms with Crippen LogP contribution in [0, 0.1) is 17.8 Å². The minimum absolute atomic E-state index is 0.0437. The molecule has 0 spiro atoms. The molecule has 1 saturated carbocycles. The Labute approximate surface area is 205 Å². The van der Waals surface area contributed by atoms with Crippen LogP contribution in [0.25, 0.3) is 11.1 Å². The van der Waals surface area contributed by atoms with Crippen LogP contribution in [0.5, 0.6) is 0 Å². The van der Waals surface area contributed by atoms with Crippen molar-refractivity contribution >= 4 is 5.97 Å². The molecular formula is C30H40N2O2. The summed E-state index contributed by atoms with van der Waals surface area (Å²) in [6.45, 7) is 5.64. The van der Waals surface area contributed by atoms with Crippen LogP contribution in [0.1, 0.15) is 109 Å². The van der Waals surface area contributed by atoms with E-state index in [2.05, 4.69) is 43.0 Å². The molecule has 1 aliphatic rings. The molecule has 1 unspecified atom stereocenters. The van der Waals surface area contributed by atoms with Crippen LogP contribution in [0.2, 0.25) is 0 Å². The van der Waals surface area contributed by atoms with Crippen molar-refractivity contribution in [3.63, 3.8) is 0 Å². The molecule has 0 N–H and O–H groups in total. The average Bonchev–Trinajstić information content (AvgIpc) is 2.84. The number of nitrogens with zero attached hydrogens (tertiary/aromatic N) is 2. The topological polar surface area (TPSA) is 52.1 Å². The van der Waals surface area contributed by atoms with E-state index in [1.165, 1.54) is 58.3 Å². The second-order valence-corrected chi connectivity index (χ2v) is 9.73. The normalized spacial score (nSPS) is 18.6. The third kappa shape index (κ3) is 8.60. The van der Waals surface area contributed by atoms with E-state index in [-0.39, 0.29) is 12.1 Å². The lowest BCUT2D eigenvalue weighted by Crippen LogP contribution is -2.15. The lowest BCUT2D eigenvalue weighted by Gasteiger charge is -2.27. The molecule has 1 aromatic carbocycles. The Morgan fingerprint density at radius 2 is 1.74 bits per heavy atom. The number of unbranched alkanes of at least 4 members (excludes halogenated alkanes) is 3. The summed E-state index contributed by atoms with van der Waals surface area (Å²) in [4.78, 5) is 20.4. The summed E-state index contributed by atoms with van der Waals surface area (Å²) >= 11 is 0. The summed E-state index contributed by atoms with van der Waals surface area (Å²) in [7, 11) is 0. The minimum Gasteiger partial charge on any atom is -0.463 e. The van der Waals surface area contributed by atoms with Gasteiger partial charge in [-0.1, -0.05) is 56.6 Å². The maximum atomic E-state index is 10.9. The van der Waals surface area contributed by atoms with E-state index in [1.807, 2.05) is 19.3 Å². The quantitative estimate of drug-likeness (QED) is 0.210. The zero-order valence-electron chi connectivity index (χ0n) is 21.2. The minimum atomic E-state index is -0.223. The predicted octanol–water partition coefficient (Wildman–Crippen LogP) is 7.47. The molecule has 0 saturated heterocycles. The number of aromatic nitrogens is 2. The van der Waals surface area contributed by atoms with Crippen molar-refractivity contribution in [1.82, 2.24) is 9.97 Å². The Kier molecular flexibility index (Phi) is 10.6. The van der Waals surface area contributed by atoms with Crippen LogP contribution < -0.4 is 0 Å². The molecule has 182 valence electrons. The van der Waals surface area contributed by atoms with Gasteiger partial charge >= 0.3 is 5.97 Å². The Morgan fingerprint density at radius 1 is 1.03 bits per heavy atom. The van der Waals surface area contributed by atoms with Crippen LogP contribution in [0.15, 0.2) is 36.7 Å². The second kappa shape index (κ2) is 13.9. The molecule has 4 heteroatoms. The first-order valence-electron chi connectivity index (χ1n) is 13.1. The Balaban J connectivity index is 1.45. The van der Waals surface area contributed by atoms with Gasteiger partial charge in [0.1, 0.15) is 5.82 Å². The van der Waals surface area contributed by atoms with Gasteiger partial charge in [0.2, 0.25) is 0 Å². The number of hydrogen-bond acceptors (Lipinski definition) is 4. The lowest BCUT2D eigenvalue weighted by molar-refractivity contribution is -0.145. The zero-order chi connectivity index (χ0) is 24.2. The Morgan fingerprint density at radius 3 is 2.38 bits per heavy atom. The SMILES string of the molecule is CCCCCC1CCC(c2ncc(-c3ccc(C#CCCCC(C)OC(C)=O)cc3)cn2)CC1. The fourth-order valence-corrected chi connectivity index (χ4v) is 4.82. The summed E-state index contributed by atoms with van der Waals surface area (Å²) in [6, 6.07) is 8.29. The molecule has 4 nitrogen and oxygen atoms in total. The summed E-state index contributed by atoms with van der Waals surface area (Å²) in [5, 5.41) is 0. The highest BCUT2D eigenvalue weighted by Crippen LogP contribution is 2.36. The number of esters is 1. The number of carbonyl (C=O) groups is 1. The highest BCUT2D eigenvalue weighted by Gasteiger charge is 2.23. The molecule has 1 aliphatic carbocycles.